The normalized spacial score (nSPS) is 12.8. The van der Waals surface area contributed by atoms with Gasteiger partial charge >= 0.3 is 6.36 Å². The molecule has 30 heavy (non-hydrogen) atoms. The summed E-state index contributed by atoms with van der Waals surface area (Å²) in [6.45, 7) is 0.249. The highest BCUT2D eigenvalue weighted by Crippen LogP contribution is 2.35. The van der Waals surface area contributed by atoms with Crippen molar-refractivity contribution in [2.45, 2.75) is 12.9 Å². The lowest BCUT2D eigenvalue weighted by Crippen LogP contribution is -2.17. The SMILES string of the molecule is O=C(Nc1ccc(-c2ccc(OC(F)(F)F)cc2)c2c1C(=O)NC2)c1ccccc1. The third-order valence-corrected chi connectivity index (χ3v) is 4.65. The lowest BCUT2D eigenvalue weighted by molar-refractivity contribution is -0.274. The fourth-order valence-corrected chi connectivity index (χ4v) is 3.34. The molecule has 0 unspecified atom stereocenters. The number of anilines is 1. The van der Waals surface area contributed by atoms with E-state index in [0.29, 0.717) is 33.5 Å². The van der Waals surface area contributed by atoms with Crippen molar-refractivity contribution in [3.63, 3.8) is 0 Å². The van der Waals surface area contributed by atoms with Crippen molar-refractivity contribution >= 4 is 17.5 Å². The molecule has 5 nitrogen and oxygen atoms in total. The number of hydrogen-bond donors (Lipinski definition) is 2. The van der Waals surface area contributed by atoms with Gasteiger partial charge in [0.2, 0.25) is 0 Å². The second kappa shape index (κ2) is 7.55. The van der Waals surface area contributed by atoms with Crippen LogP contribution in [0.1, 0.15) is 26.3 Å². The van der Waals surface area contributed by atoms with Crippen LogP contribution in [0.2, 0.25) is 0 Å². The average Bonchev–Trinajstić information content (AvgIpc) is 3.11. The summed E-state index contributed by atoms with van der Waals surface area (Å²) < 4.78 is 41.0. The van der Waals surface area contributed by atoms with Gasteiger partial charge in [0.25, 0.3) is 11.8 Å². The van der Waals surface area contributed by atoms with Gasteiger partial charge in [0.05, 0.1) is 11.3 Å². The van der Waals surface area contributed by atoms with E-state index >= 15 is 0 Å². The van der Waals surface area contributed by atoms with Gasteiger partial charge in [-0.25, -0.2) is 0 Å². The van der Waals surface area contributed by atoms with Crippen LogP contribution in [0, 0.1) is 0 Å². The highest BCUT2D eigenvalue weighted by atomic mass is 19.4. The zero-order chi connectivity index (χ0) is 21.3. The van der Waals surface area contributed by atoms with Gasteiger partial charge in [-0.15, -0.1) is 13.2 Å². The van der Waals surface area contributed by atoms with Crippen molar-refractivity contribution in [1.82, 2.24) is 5.32 Å². The minimum absolute atomic E-state index is 0.249. The molecule has 0 aromatic heterocycles. The van der Waals surface area contributed by atoms with E-state index in [1.807, 2.05) is 0 Å². The van der Waals surface area contributed by atoms with Crippen LogP contribution in [-0.4, -0.2) is 18.2 Å². The zero-order valence-corrected chi connectivity index (χ0v) is 15.4. The first-order chi connectivity index (χ1) is 14.3. The molecule has 0 radical (unpaired) electrons. The number of carbonyl (C=O) groups is 2. The van der Waals surface area contributed by atoms with E-state index in [-0.39, 0.29) is 24.1 Å². The molecular weight excluding hydrogens is 397 g/mol. The van der Waals surface area contributed by atoms with Gasteiger partial charge in [-0.05, 0) is 47.0 Å². The quantitative estimate of drug-likeness (QED) is 0.650. The molecule has 0 spiro atoms. The fraction of sp³-hybridized carbons (Fsp3) is 0.0909. The first-order valence-electron chi connectivity index (χ1n) is 8.98. The van der Waals surface area contributed by atoms with Gasteiger partial charge in [-0.1, -0.05) is 36.4 Å². The predicted octanol–water partition coefficient (Wildman–Crippen LogP) is 4.75. The zero-order valence-electron chi connectivity index (χ0n) is 15.4. The summed E-state index contributed by atoms with van der Waals surface area (Å²) in [5.74, 6) is -1.00. The summed E-state index contributed by atoms with van der Waals surface area (Å²) >= 11 is 0. The first-order valence-corrected chi connectivity index (χ1v) is 8.98. The number of carbonyl (C=O) groups excluding carboxylic acids is 2. The molecule has 3 aromatic carbocycles. The number of benzene rings is 3. The van der Waals surface area contributed by atoms with Gasteiger partial charge in [0.1, 0.15) is 5.75 Å². The van der Waals surface area contributed by atoms with E-state index in [1.54, 1.807) is 42.5 Å². The molecule has 0 atom stereocenters. The van der Waals surface area contributed by atoms with Crippen LogP contribution in [0.25, 0.3) is 11.1 Å². The topological polar surface area (TPSA) is 67.4 Å². The summed E-state index contributed by atoms with van der Waals surface area (Å²) in [7, 11) is 0. The Morgan fingerprint density at radius 2 is 1.67 bits per heavy atom. The molecule has 3 aromatic rings. The van der Waals surface area contributed by atoms with Crippen LogP contribution in [0.5, 0.6) is 5.75 Å². The molecule has 0 aliphatic carbocycles. The molecule has 4 rings (SSSR count). The minimum Gasteiger partial charge on any atom is -0.406 e. The average molecular weight is 412 g/mol. The Labute approximate surface area is 169 Å². The molecule has 1 aliphatic rings. The standard InChI is InChI=1S/C22H15F3N2O3/c23-22(24,25)30-15-8-6-13(7-9-15)16-10-11-18(19-17(16)12-26-21(19)29)27-20(28)14-4-2-1-3-5-14/h1-11H,12H2,(H,26,29)(H,27,28). The van der Waals surface area contributed by atoms with Gasteiger partial charge < -0.3 is 15.4 Å². The van der Waals surface area contributed by atoms with Gasteiger partial charge in [0.15, 0.2) is 0 Å². The number of amides is 2. The fourth-order valence-electron chi connectivity index (χ4n) is 3.34. The van der Waals surface area contributed by atoms with Crippen molar-refractivity contribution in [2.75, 3.05) is 5.32 Å². The van der Waals surface area contributed by atoms with E-state index in [9.17, 15) is 22.8 Å². The number of rotatable bonds is 4. The lowest BCUT2D eigenvalue weighted by Gasteiger charge is -2.14. The second-order valence-electron chi connectivity index (χ2n) is 6.59. The third kappa shape index (κ3) is 3.98. The van der Waals surface area contributed by atoms with E-state index in [4.69, 9.17) is 0 Å². The Morgan fingerprint density at radius 1 is 0.967 bits per heavy atom. The second-order valence-corrected chi connectivity index (χ2v) is 6.59. The number of ether oxygens (including phenoxy) is 1. The first kappa shape index (κ1) is 19.5. The smallest absolute Gasteiger partial charge is 0.406 e. The molecule has 2 N–H and O–H groups in total. The molecule has 1 aliphatic heterocycles. The number of hydrogen-bond acceptors (Lipinski definition) is 3. The molecule has 0 fully saturated rings. The van der Waals surface area contributed by atoms with Crippen LogP contribution in [-0.2, 0) is 6.54 Å². The summed E-state index contributed by atoms with van der Waals surface area (Å²) in [4.78, 5) is 24.9. The molecule has 0 saturated heterocycles. The maximum absolute atomic E-state index is 12.5. The Morgan fingerprint density at radius 3 is 2.33 bits per heavy atom. The summed E-state index contributed by atoms with van der Waals surface area (Å²) in [5, 5.41) is 5.49. The van der Waals surface area contributed by atoms with Gasteiger partial charge in [-0.2, -0.15) is 0 Å². The summed E-state index contributed by atoms with van der Waals surface area (Å²) in [6, 6.07) is 17.3. The molecule has 152 valence electrons. The van der Waals surface area contributed by atoms with Crippen LogP contribution >= 0.6 is 0 Å². The Balaban J connectivity index is 1.66. The van der Waals surface area contributed by atoms with Gasteiger partial charge in [0, 0.05) is 12.1 Å². The third-order valence-electron chi connectivity index (χ3n) is 4.65. The van der Waals surface area contributed by atoms with E-state index < -0.39 is 6.36 Å². The van der Waals surface area contributed by atoms with Crippen molar-refractivity contribution in [3.8, 4) is 16.9 Å². The van der Waals surface area contributed by atoms with Crippen molar-refractivity contribution in [2.24, 2.45) is 0 Å². The van der Waals surface area contributed by atoms with Crippen molar-refractivity contribution < 1.29 is 27.5 Å². The molecule has 0 bridgehead atoms. The van der Waals surface area contributed by atoms with Crippen molar-refractivity contribution in [3.05, 3.63) is 83.4 Å². The number of alkyl halides is 3. The highest BCUT2D eigenvalue weighted by molar-refractivity contribution is 6.11. The van der Waals surface area contributed by atoms with Crippen LogP contribution < -0.4 is 15.4 Å². The number of halogens is 3. The predicted molar refractivity (Wildman–Crippen MR) is 104 cm³/mol. The molecular formula is C22H15F3N2O3. The molecule has 2 amide bonds. The largest absolute Gasteiger partial charge is 0.573 e. The highest BCUT2D eigenvalue weighted by Gasteiger charge is 2.31. The van der Waals surface area contributed by atoms with Crippen molar-refractivity contribution in [1.29, 1.82) is 0 Å². The monoisotopic (exact) mass is 412 g/mol. The Hall–Kier alpha value is -3.81. The Bertz CT molecular complexity index is 1110. The molecule has 1 heterocycles. The van der Waals surface area contributed by atoms with Gasteiger partial charge in [-0.3, -0.25) is 9.59 Å². The number of nitrogens with one attached hydrogen (secondary N) is 2. The lowest BCUT2D eigenvalue weighted by atomic mass is 9.95. The summed E-state index contributed by atoms with van der Waals surface area (Å²) in [5.41, 5.74) is 3.13. The van der Waals surface area contributed by atoms with E-state index in [1.165, 1.54) is 24.3 Å². The maximum atomic E-state index is 12.5. The van der Waals surface area contributed by atoms with Crippen LogP contribution in [0.15, 0.2) is 66.7 Å². The summed E-state index contributed by atoms with van der Waals surface area (Å²) in [6.07, 6.45) is -4.77. The maximum Gasteiger partial charge on any atom is 0.573 e. The minimum atomic E-state index is -4.77. The number of fused-ring (bicyclic) bond motifs is 1. The Kier molecular flexibility index (Phi) is 4.91. The van der Waals surface area contributed by atoms with Crippen LogP contribution in [0.3, 0.4) is 0 Å². The molecule has 8 heteroatoms. The van der Waals surface area contributed by atoms with E-state index in [2.05, 4.69) is 15.4 Å². The van der Waals surface area contributed by atoms with E-state index in [0.717, 1.165) is 0 Å². The molecule has 0 saturated carbocycles. The van der Waals surface area contributed by atoms with Crippen LogP contribution in [0.4, 0.5) is 18.9 Å².